The Morgan fingerprint density at radius 3 is 0.900 bits per heavy atom. The molecule has 0 spiro atoms. The molecule has 0 aromatic heterocycles. The lowest BCUT2D eigenvalue weighted by Crippen LogP contribution is -2.60. The Bertz CT molecular complexity index is 703. The highest BCUT2D eigenvalue weighted by Gasteiger charge is 2.52. The Morgan fingerprint density at radius 1 is 0.567 bits per heavy atom. The highest BCUT2D eigenvalue weighted by Crippen LogP contribution is 2.27. The van der Waals surface area contributed by atoms with E-state index in [-0.39, 0.29) is 11.1 Å². The van der Waals surface area contributed by atoms with E-state index in [4.69, 9.17) is 17.7 Å². The molecule has 0 aliphatic rings. The SMILES string of the molecule is CC(=O)O[Si](OC(C)=O)(c1ccc([Si](OC(C)=O)(OC(C)=O)C(C)C)cc1)C(C)C. The zero-order chi connectivity index (χ0) is 23.3. The monoisotopic (exact) mass is 454 g/mol. The van der Waals surface area contributed by atoms with E-state index in [2.05, 4.69) is 0 Å². The van der Waals surface area contributed by atoms with Crippen LogP contribution < -0.4 is 10.4 Å². The van der Waals surface area contributed by atoms with Gasteiger partial charge >= 0.3 is 17.1 Å². The van der Waals surface area contributed by atoms with E-state index >= 15 is 0 Å². The topological polar surface area (TPSA) is 105 Å². The van der Waals surface area contributed by atoms with Crippen molar-refractivity contribution < 1.29 is 36.9 Å². The van der Waals surface area contributed by atoms with Crippen molar-refractivity contribution in [2.75, 3.05) is 0 Å². The van der Waals surface area contributed by atoms with Crippen LogP contribution in [0, 0.1) is 0 Å². The Hall–Kier alpha value is -2.47. The third-order valence-corrected chi connectivity index (χ3v) is 12.1. The van der Waals surface area contributed by atoms with Crippen molar-refractivity contribution in [3.63, 3.8) is 0 Å². The molecule has 10 heteroatoms. The van der Waals surface area contributed by atoms with Crippen LogP contribution in [0.5, 0.6) is 0 Å². The predicted octanol–water partition coefficient (Wildman–Crippen LogP) is 2.06. The molecule has 1 aromatic carbocycles. The van der Waals surface area contributed by atoms with Gasteiger partial charge in [0, 0.05) is 49.2 Å². The highest BCUT2D eigenvalue weighted by molar-refractivity contribution is 6.86. The van der Waals surface area contributed by atoms with Crippen molar-refractivity contribution in [1.82, 2.24) is 0 Å². The second-order valence-corrected chi connectivity index (χ2v) is 14.5. The third kappa shape index (κ3) is 5.79. The molecule has 166 valence electrons. The minimum absolute atomic E-state index is 0.259. The van der Waals surface area contributed by atoms with Crippen LogP contribution in [-0.4, -0.2) is 41.0 Å². The van der Waals surface area contributed by atoms with Gasteiger partial charge in [0.05, 0.1) is 0 Å². The molecule has 0 unspecified atom stereocenters. The molecule has 1 aromatic rings. The van der Waals surface area contributed by atoms with E-state index in [1.54, 1.807) is 24.3 Å². The van der Waals surface area contributed by atoms with E-state index < -0.39 is 41.0 Å². The summed E-state index contributed by atoms with van der Waals surface area (Å²) in [6.07, 6.45) is 0. The zero-order valence-electron chi connectivity index (χ0n) is 18.7. The molecule has 0 N–H and O–H groups in total. The van der Waals surface area contributed by atoms with Crippen LogP contribution in [0.3, 0.4) is 0 Å². The van der Waals surface area contributed by atoms with E-state index in [0.29, 0.717) is 10.4 Å². The normalized spacial score (nSPS) is 11.8. The lowest BCUT2D eigenvalue weighted by atomic mass is 10.4. The summed E-state index contributed by atoms with van der Waals surface area (Å²) in [6, 6.07) is 6.68. The first-order valence-electron chi connectivity index (χ1n) is 9.66. The average Bonchev–Trinajstić information content (AvgIpc) is 2.58. The van der Waals surface area contributed by atoms with Gasteiger partial charge in [-0.3, -0.25) is 19.2 Å². The fourth-order valence-corrected chi connectivity index (χ4v) is 9.01. The molecular formula is C20H30O8Si2. The Labute approximate surface area is 179 Å². The van der Waals surface area contributed by atoms with E-state index in [1.165, 1.54) is 27.7 Å². The summed E-state index contributed by atoms with van der Waals surface area (Å²) in [7, 11) is -6.90. The molecule has 30 heavy (non-hydrogen) atoms. The lowest BCUT2D eigenvalue weighted by molar-refractivity contribution is -0.140. The first-order valence-corrected chi connectivity index (χ1v) is 13.4. The van der Waals surface area contributed by atoms with E-state index in [9.17, 15) is 19.2 Å². The van der Waals surface area contributed by atoms with Gasteiger partial charge in [-0.2, -0.15) is 0 Å². The van der Waals surface area contributed by atoms with Gasteiger partial charge in [0.25, 0.3) is 23.9 Å². The van der Waals surface area contributed by atoms with E-state index in [0.717, 1.165) is 0 Å². The molecule has 0 aliphatic carbocycles. The molecule has 0 fully saturated rings. The second kappa shape index (κ2) is 10.0. The summed E-state index contributed by atoms with van der Waals surface area (Å²) >= 11 is 0. The minimum atomic E-state index is -3.45. The molecule has 0 atom stereocenters. The number of carbonyl (C=O) groups excluding carboxylic acids is 4. The Morgan fingerprint density at radius 2 is 0.767 bits per heavy atom. The maximum atomic E-state index is 11.8. The summed E-state index contributed by atoms with van der Waals surface area (Å²) in [4.78, 5) is 47.2. The molecule has 0 bridgehead atoms. The maximum Gasteiger partial charge on any atom is 0.502 e. The van der Waals surface area contributed by atoms with Gasteiger partial charge < -0.3 is 17.7 Å². The van der Waals surface area contributed by atoms with Crippen molar-refractivity contribution in [1.29, 1.82) is 0 Å². The van der Waals surface area contributed by atoms with Crippen molar-refractivity contribution in [3.8, 4) is 0 Å². The van der Waals surface area contributed by atoms with Gasteiger partial charge in [-0.1, -0.05) is 52.0 Å². The number of carbonyl (C=O) groups is 4. The summed E-state index contributed by atoms with van der Waals surface area (Å²) in [5, 5.41) is 1.12. The number of rotatable bonds is 8. The third-order valence-electron chi connectivity index (χ3n) is 4.39. The van der Waals surface area contributed by atoms with Gasteiger partial charge in [-0.05, 0) is 0 Å². The molecule has 8 nitrogen and oxygen atoms in total. The second-order valence-electron chi connectivity index (χ2n) is 7.60. The highest BCUT2D eigenvalue weighted by atomic mass is 28.4. The van der Waals surface area contributed by atoms with Crippen LogP contribution in [0.1, 0.15) is 55.4 Å². The number of benzene rings is 1. The zero-order valence-corrected chi connectivity index (χ0v) is 20.7. The number of hydrogen-bond acceptors (Lipinski definition) is 8. The summed E-state index contributed by atoms with van der Waals surface area (Å²) in [5.74, 6) is -2.20. The fourth-order valence-electron chi connectivity index (χ4n) is 3.20. The summed E-state index contributed by atoms with van der Waals surface area (Å²) in [5.41, 5.74) is -0.518. The maximum absolute atomic E-state index is 11.8. The molecule has 0 saturated carbocycles. The van der Waals surface area contributed by atoms with Crippen molar-refractivity contribution in [2.45, 2.75) is 66.5 Å². The lowest BCUT2D eigenvalue weighted by Gasteiger charge is -2.34. The predicted molar refractivity (Wildman–Crippen MR) is 114 cm³/mol. The first kappa shape index (κ1) is 25.6. The first-order chi connectivity index (χ1) is 13.8. The quantitative estimate of drug-likeness (QED) is 0.550. The summed E-state index contributed by atoms with van der Waals surface area (Å²) in [6.45, 7) is 12.3. The fraction of sp³-hybridized carbons (Fsp3) is 0.500. The smallest absolute Gasteiger partial charge is 0.482 e. The Kier molecular flexibility index (Phi) is 8.55. The van der Waals surface area contributed by atoms with Crippen molar-refractivity contribution in [2.24, 2.45) is 0 Å². The average molecular weight is 455 g/mol. The summed E-state index contributed by atoms with van der Waals surface area (Å²) < 4.78 is 22.4. The van der Waals surface area contributed by atoms with Crippen LogP contribution >= 0.6 is 0 Å². The Balaban J connectivity index is 3.61. The minimum Gasteiger partial charge on any atom is -0.482 e. The molecule has 0 aliphatic heterocycles. The molecule has 0 saturated heterocycles. The van der Waals surface area contributed by atoms with Crippen LogP contribution in [-0.2, 0) is 36.9 Å². The van der Waals surface area contributed by atoms with Crippen LogP contribution in [0.25, 0.3) is 0 Å². The van der Waals surface area contributed by atoms with Gasteiger partial charge in [-0.15, -0.1) is 0 Å². The van der Waals surface area contributed by atoms with Crippen LogP contribution in [0.15, 0.2) is 24.3 Å². The number of hydrogen-bond donors (Lipinski definition) is 0. The van der Waals surface area contributed by atoms with Crippen molar-refractivity contribution >= 4 is 51.4 Å². The van der Waals surface area contributed by atoms with Crippen LogP contribution in [0.4, 0.5) is 0 Å². The molecular weight excluding hydrogens is 424 g/mol. The molecule has 1 rings (SSSR count). The van der Waals surface area contributed by atoms with E-state index in [1.807, 2.05) is 27.7 Å². The van der Waals surface area contributed by atoms with Gasteiger partial charge in [-0.25, -0.2) is 0 Å². The van der Waals surface area contributed by atoms with Gasteiger partial charge in [0.15, 0.2) is 0 Å². The van der Waals surface area contributed by atoms with Crippen molar-refractivity contribution in [3.05, 3.63) is 24.3 Å². The molecule has 0 heterocycles. The largest absolute Gasteiger partial charge is 0.502 e. The van der Waals surface area contributed by atoms with Crippen LogP contribution in [0.2, 0.25) is 11.1 Å². The standard InChI is InChI=1S/C20H30O8Si2/c1-13(2)29(25-15(5)21,26-16(6)22)19-9-11-20(12-10-19)30(14(3)4,27-17(7)23)28-18(8)24/h9-14H,1-8H3. The van der Waals surface area contributed by atoms with Gasteiger partial charge in [0.2, 0.25) is 0 Å². The molecule has 0 amide bonds. The van der Waals surface area contributed by atoms with Gasteiger partial charge in [0.1, 0.15) is 0 Å². The molecule has 0 radical (unpaired) electrons.